The number of fused-ring (bicyclic) bond motifs is 1. The van der Waals surface area contributed by atoms with Crippen molar-refractivity contribution in [3.05, 3.63) is 64.0 Å². The molecule has 152 valence electrons. The summed E-state index contributed by atoms with van der Waals surface area (Å²) in [6, 6.07) is 9.19. The van der Waals surface area contributed by atoms with Crippen molar-refractivity contribution in [3.63, 3.8) is 0 Å². The molecular weight excluding hydrogens is 354 g/mol. The third-order valence-electron chi connectivity index (χ3n) is 6.58. The Morgan fingerprint density at radius 2 is 1.93 bits per heavy atom. The summed E-state index contributed by atoms with van der Waals surface area (Å²) >= 11 is 0. The van der Waals surface area contributed by atoms with Crippen molar-refractivity contribution in [2.45, 2.75) is 58.8 Å². The van der Waals surface area contributed by atoms with Gasteiger partial charge in [-0.1, -0.05) is 19.1 Å². The van der Waals surface area contributed by atoms with Crippen LogP contribution < -0.4 is 5.32 Å². The highest BCUT2D eigenvalue weighted by atomic mass is 14.9. The Labute approximate surface area is 175 Å². The topological polar surface area (TPSA) is 37.3 Å². The molecule has 0 spiro atoms. The first kappa shape index (κ1) is 20.0. The molecule has 1 unspecified atom stereocenters. The monoisotopic (exact) mass is 387 g/mol. The molecule has 1 aliphatic carbocycles. The second-order valence-corrected chi connectivity index (χ2v) is 8.78. The van der Waals surface area contributed by atoms with E-state index in [1.165, 1.54) is 64.8 Å². The van der Waals surface area contributed by atoms with Gasteiger partial charge in [0.15, 0.2) is 0 Å². The quantitative estimate of drug-likeness (QED) is 0.669. The molecule has 1 atom stereocenters. The van der Waals surface area contributed by atoms with E-state index in [0.29, 0.717) is 5.92 Å². The number of aliphatic imine (C=N–C) groups is 1. The maximum absolute atomic E-state index is 4.76. The van der Waals surface area contributed by atoms with Gasteiger partial charge in [-0.3, -0.25) is 9.98 Å². The average molecular weight is 388 g/mol. The van der Waals surface area contributed by atoms with Crippen LogP contribution in [-0.4, -0.2) is 24.8 Å². The zero-order valence-electron chi connectivity index (χ0n) is 17.9. The fourth-order valence-corrected chi connectivity index (χ4v) is 4.94. The van der Waals surface area contributed by atoms with E-state index in [0.717, 1.165) is 38.0 Å². The third-order valence-corrected chi connectivity index (χ3v) is 6.58. The van der Waals surface area contributed by atoms with Crippen LogP contribution in [0.2, 0.25) is 0 Å². The van der Waals surface area contributed by atoms with Gasteiger partial charge in [0.1, 0.15) is 0 Å². The number of rotatable bonds is 6. The van der Waals surface area contributed by atoms with Gasteiger partial charge in [-0.25, -0.2) is 0 Å². The fraction of sp³-hybridized carbons (Fsp3) is 0.462. The summed E-state index contributed by atoms with van der Waals surface area (Å²) in [6.07, 6.45) is 10.2. The molecule has 0 fully saturated rings. The molecule has 1 aliphatic heterocycles. The van der Waals surface area contributed by atoms with Crippen molar-refractivity contribution >= 4 is 6.72 Å². The van der Waals surface area contributed by atoms with Crippen molar-refractivity contribution < 1.29 is 0 Å². The van der Waals surface area contributed by atoms with E-state index in [1.54, 1.807) is 0 Å². The summed E-state index contributed by atoms with van der Waals surface area (Å²) < 4.78 is 0. The van der Waals surface area contributed by atoms with E-state index in [2.05, 4.69) is 55.1 Å². The number of pyridine rings is 1. The predicted octanol–water partition coefficient (Wildman–Crippen LogP) is 5.45. The van der Waals surface area contributed by atoms with Gasteiger partial charge in [-0.05, 0) is 98.0 Å². The van der Waals surface area contributed by atoms with Gasteiger partial charge < -0.3 is 5.32 Å². The van der Waals surface area contributed by atoms with Gasteiger partial charge in [0, 0.05) is 37.0 Å². The van der Waals surface area contributed by atoms with Crippen molar-refractivity contribution in [2.24, 2.45) is 10.9 Å². The second-order valence-electron chi connectivity index (χ2n) is 8.78. The second kappa shape index (κ2) is 9.04. The lowest BCUT2D eigenvalue weighted by atomic mass is 9.87. The highest BCUT2D eigenvalue weighted by Gasteiger charge is 2.17. The van der Waals surface area contributed by atoms with Crippen LogP contribution in [0.1, 0.15) is 54.9 Å². The summed E-state index contributed by atoms with van der Waals surface area (Å²) in [5.41, 5.74) is 10.9. The molecule has 1 aromatic heterocycles. The van der Waals surface area contributed by atoms with Crippen LogP contribution >= 0.6 is 0 Å². The minimum Gasteiger partial charge on any atom is -0.313 e. The molecule has 0 radical (unpaired) electrons. The number of hydrogen-bond donors (Lipinski definition) is 1. The summed E-state index contributed by atoms with van der Waals surface area (Å²) in [5.74, 6) is 0.569. The average Bonchev–Trinajstić information content (AvgIpc) is 2.75. The molecule has 1 aromatic carbocycles. The van der Waals surface area contributed by atoms with Gasteiger partial charge in [0.25, 0.3) is 0 Å². The zero-order valence-corrected chi connectivity index (χ0v) is 17.9. The minimum atomic E-state index is 0.569. The van der Waals surface area contributed by atoms with Crippen LogP contribution in [-0.2, 0) is 19.3 Å². The molecule has 3 heteroatoms. The standard InChI is InChI=1S/C26H33N3/c1-18(15-24-17-28-12-11-25(24)27-3)14-21-10-13-29-26(19(21)2)23-9-8-20-6-4-5-7-22(20)16-23/h8-10,13,16,18,28H,3-7,11-12,14-15,17H2,1-2H3. The number of hydrogen-bond acceptors (Lipinski definition) is 3. The van der Waals surface area contributed by atoms with E-state index >= 15 is 0 Å². The van der Waals surface area contributed by atoms with Gasteiger partial charge in [0.05, 0.1) is 5.69 Å². The molecule has 0 saturated carbocycles. The molecule has 4 rings (SSSR count). The number of nitrogens with zero attached hydrogens (tertiary/aromatic N) is 2. The maximum Gasteiger partial charge on any atom is 0.0733 e. The number of nitrogens with one attached hydrogen (secondary N) is 1. The van der Waals surface area contributed by atoms with Crippen LogP contribution in [0, 0.1) is 12.8 Å². The number of aromatic nitrogens is 1. The van der Waals surface area contributed by atoms with E-state index in [-0.39, 0.29) is 0 Å². The van der Waals surface area contributed by atoms with E-state index in [4.69, 9.17) is 4.98 Å². The van der Waals surface area contributed by atoms with Crippen molar-refractivity contribution in [1.29, 1.82) is 0 Å². The third kappa shape index (κ3) is 4.51. The zero-order chi connectivity index (χ0) is 20.2. The Hall–Kier alpha value is -2.26. The van der Waals surface area contributed by atoms with Crippen LogP contribution in [0.5, 0.6) is 0 Å². The fourth-order valence-electron chi connectivity index (χ4n) is 4.94. The normalized spacial score (nSPS) is 17.7. The molecule has 3 nitrogen and oxygen atoms in total. The Morgan fingerprint density at radius 3 is 2.76 bits per heavy atom. The predicted molar refractivity (Wildman–Crippen MR) is 123 cm³/mol. The van der Waals surface area contributed by atoms with E-state index in [1.807, 2.05) is 6.20 Å². The summed E-state index contributed by atoms with van der Waals surface area (Å²) in [5, 5.41) is 3.48. The molecule has 1 N–H and O–H groups in total. The minimum absolute atomic E-state index is 0.569. The van der Waals surface area contributed by atoms with Crippen LogP contribution in [0.3, 0.4) is 0 Å². The molecule has 2 heterocycles. The lowest BCUT2D eigenvalue weighted by Gasteiger charge is -2.22. The molecule has 0 bridgehead atoms. The lowest BCUT2D eigenvalue weighted by Crippen LogP contribution is -2.25. The summed E-state index contributed by atoms with van der Waals surface area (Å²) in [6.45, 7) is 10.3. The van der Waals surface area contributed by atoms with Gasteiger partial charge in [-0.15, -0.1) is 0 Å². The summed E-state index contributed by atoms with van der Waals surface area (Å²) in [4.78, 5) is 9.04. The van der Waals surface area contributed by atoms with Crippen LogP contribution in [0.25, 0.3) is 11.3 Å². The molecule has 29 heavy (non-hydrogen) atoms. The summed E-state index contributed by atoms with van der Waals surface area (Å²) in [7, 11) is 0. The smallest absolute Gasteiger partial charge is 0.0733 e. The highest BCUT2D eigenvalue weighted by Crippen LogP contribution is 2.30. The van der Waals surface area contributed by atoms with Gasteiger partial charge in [0.2, 0.25) is 0 Å². The van der Waals surface area contributed by atoms with Gasteiger partial charge >= 0.3 is 0 Å². The van der Waals surface area contributed by atoms with Crippen molar-refractivity contribution in [3.8, 4) is 11.3 Å². The van der Waals surface area contributed by atoms with Crippen LogP contribution in [0.15, 0.2) is 46.7 Å². The Balaban J connectivity index is 1.54. The lowest BCUT2D eigenvalue weighted by molar-refractivity contribution is 0.538. The first-order chi connectivity index (χ1) is 14.2. The Kier molecular flexibility index (Phi) is 6.25. The van der Waals surface area contributed by atoms with E-state index < -0.39 is 0 Å². The first-order valence-electron chi connectivity index (χ1n) is 11.1. The van der Waals surface area contributed by atoms with Crippen molar-refractivity contribution in [2.75, 3.05) is 13.1 Å². The molecule has 2 aromatic rings. The van der Waals surface area contributed by atoms with E-state index in [9.17, 15) is 0 Å². The Morgan fingerprint density at radius 1 is 1.10 bits per heavy atom. The van der Waals surface area contributed by atoms with Crippen LogP contribution in [0.4, 0.5) is 0 Å². The highest BCUT2D eigenvalue weighted by molar-refractivity contribution is 5.66. The SMILES string of the molecule is C=NC1=C(CC(C)Cc2ccnc(-c3ccc4c(c3)CCCC4)c2C)CNCC1. The maximum atomic E-state index is 4.76. The van der Waals surface area contributed by atoms with Gasteiger partial charge in [-0.2, -0.15) is 0 Å². The van der Waals surface area contributed by atoms with Crippen molar-refractivity contribution in [1.82, 2.24) is 10.3 Å². The largest absolute Gasteiger partial charge is 0.313 e. The molecule has 2 aliphatic rings. The Bertz CT molecular complexity index is 926. The first-order valence-corrected chi connectivity index (χ1v) is 11.1. The number of benzene rings is 1. The molecular formula is C26H33N3. The molecule has 0 saturated heterocycles. The number of aryl methyl sites for hydroxylation is 2. The molecule has 0 amide bonds.